The van der Waals surface area contributed by atoms with E-state index in [9.17, 15) is 0 Å². The van der Waals surface area contributed by atoms with Crippen molar-refractivity contribution in [1.82, 2.24) is 0 Å². The monoisotopic (exact) mass is 399 g/mol. The van der Waals surface area contributed by atoms with Crippen LogP contribution in [0.1, 0.15) is 18.9 Å². The van der Waals surface area contributed by atoms with Crippen molar-refractivity contribution in [2.24, 2.45) is 0 Å². The van der Waals surface area contributed by atoms with Crippen molar-refractivity contribution in [3.8, 4) is 5.75 Å². The highest BCUT2D eigenvalue weighted by Gasteiger charge is 2.18. The Bertz CT molecular complexity index is 641. The highest BCUT2D eigenvalue weighted by molar-refractivity contribution is 7.81. The molecule has 2 rings (SSSR count). The quantitative estimate of drug-likeness (QED) is 0.378. The fourth-order valence-electron chi connectivity index (χ4n) is 2.53. The highest BCUT2D eigenvalue weighted by Crippen LogP contribution is 2.33. The maximum absolute atomic E-state index is 6.15. The van der Waals surface area contributed by atoms with E-state index in [2.05, 4.69) is 36.1 Å². The van der Waals surface area contributed by atoms with Crippen LogP contribution in [0.2, 0.25) is 5.02 Å². The zero-order valence-corrected chi connectivity index (χ0v) is 16.8. The van der Waals surface area contributed by atoms with Gasteiger partial charge in [-0.25, -0.2) is 0 Å². The average molecular weight is 400 g/mol. The van der Waals surface area contributed by atoms with E-state index in [1.165, 1.54) is 5.56 Å². The standard InChI is InChI=1S/C18H22ClNOS.ClH.N2/c1-3-20(16-13-15(19)10-11-17(16)21-2)18(22)12-9-14-7-5-4-6-8-14;;1-2/h4-8,10-11,13,18,22H,3,9,12H2,1-2H3;1H;. The second-order valence-corrected chi connectivity index (χ2v) is 6.14. The molecule has 0 radical (unpaired) electrons. The van der Waals surface area contributed by atoms with Crippen LogP contribution in [0.25, 0.3) is 0 Å². The third kappa shape index (κ3) is 7.03. The number of benzene rings is 2. The lowest BCUT2D eigenvalue weighted by atomic mass is 10.1. The topological polar surface area (TPSA) is 60.0 Å². The molecule has 7 heteroatoms. The van der Waals surface area contributed by atoms with E-state index in [4.69, 9.17) is 39.8 Å². The second-order valence-electron chi connectivity index (χ2n) is 5.11. The van der Waals surface area contributed by atoms with Gasteiger partial charge in [-0.15, -0.1) is 12.4 Å². The summed E-state index contributed by atoms with van der Waals surface area (Å²) in [4.78, 5) is 2.22. The van der Waals surface area contributed by atoms with Crippen molar-refractivity contribution < 1.29 is 4.74 Å². The van der Waals surface area contributed by atoms with E-state index in [1.54, 1.807) is 7.11 Å². The first-order valence-electron chi connectivity index (χ1n) is 7.68. The molecule has 0 saturated carbocycles. The van der Waals surface area contributed by atoms with Gasteiger partial charge in [0.25, 0.3) is 0 Å². The first kappa shape index (κ1) is 23.4. The zero-order chi connectivity index (χ0) is 17.9. The van der Waals surface area contributed by atoms with Gasteiger partial charge in [-0.3, -0.25) is 0 Å². The van der Waals surface area contributed by atoms with Crippen LogP contribution >= 0.6 is 36.6 Å². The SMILES string of the molecule is CCN(c1cc(Cl)ccc1OC)C(S)CCc1ccccc1.Cl.N#N. The molecule has 2 aromatic carbocycles. The minimum absolute atomic E-state index is 0. The molecule has 0 saturated heterocycles. The molecule has 1 atom stereocenters. The molecule has 4 nitrogen and oxygen atoms in total. The van der Waals surface area contributed by atoms with E-state index in [-0.39, 0.29) is 17.8 Å². The molecule has 0 heterocycles. The van der Waals surface area contributed by atoms with Gasteiger partial charge < -0.3 is 9.64 Å². The number of thiol groups is 1. The van der Waals surface area contributed by atoms with Crippen LogP contribution in [-0.4, -0.2) is 19.0 Å². The lowest BCUT2D eigenvalue weighted by Gasteiger charge is -2.31. The Hall–Kier alpha value is -1.61. The second kappa shape index (κ2) is 12.7. The molecule has 0 aliphatic heterocycles. The summed E-state index contributed by atoms with van der Waals surface area (Å²) in [6.45, 7) is 2.96. The molecule has 0 N–H and O–H groups in total. The number of rotatable bonds is 7. The number of methoxy groups -OCH3 is 1. The molecule has 0 aliphatic rings. The molecule has 0 bridgehead atoms. The number of anilines is 1. The number of ether oxygens (including phenoxy) is 1. The predicted octanol–water partition coefficient (Wildman–Crippen LogP) is 5.52. The van der Waals surface area contributed by atoms with Crippen molar-refractivity contribution in [2.45, 2.75) is 25.1 Å². The molecular formula is C18H23Cl2N3OS. The molecule has 0 aliphatic carbocycles. The fraction of sp³-hybridized carbons (Fsp3) is 0.333. The van der Waals surface area contributed by atoms with Crippen molar-refractivity contribution in [3.05, 3.63) is 59.1 Å². The summed E-state index contributed by atoms with van der Waals surface area (Å²) in [6, 6.07) is 16.2. The molecule has 2 aromatic rings. The van der Waals surface area contributed by atoms with Crippen molar-refractivity contribution >= 4 is 42.3 Å². The van der Waals surface area contributed by atoms with Crippen LogP contribution < -0.4 is 9.64 Å². The largest absolute Gasteiger partial charge is 0.495 e. The number of nitrogens with zero attached hydrogens (tertiary/aromatic N) is 3. The zero-order valence-electron chi connectivity index (χ0n) is 14.3. The Morgan fingerprint density at radius 3 is 2.36 bits per heavy atom. The minimum atomic E-state index is 0. The van der Waals surface area contributed by atoms with Gasteiger partial charge in [-0.2, -0.15) is 12.6 Å². The van der Waals surface area contributed by atoms with E-state index in [1.807, 2.05) is 24.3 Å². The van der Waals surface area contributed by atoms with Gasteiger partial charge in [0.05, 0.1) is 18.2 Å². The van der Waals surface area contributed by atoms with Crippen molar-refractivity contribution in [2.75, 3.05) is 18.6 Å². The summed E-state index contributed by atoms with van der Waals surface area (Å²) in [5.74, 6) is 0.824. The van der Waals surface area contributed by atoms with Crippen LogP contribution in [0.3, 0.4) is 0 Å². The van der Waals surface area contributed by atoms with Crippen molar-refractivity contribution in [1.29, 1.82) is 10.8 Å². The Kier molecular flexibility index (Phi) is 11.9. The summed E-state index contributed by atoms with van der Waals surface area (Å²) in [6.07, 6.45) is 1.95. The Morgan fingerprint density at radius 1 is 1.16 bits per heavy atom. The van der Waals surface area contributed by atoms with Gasteiger partial charge in [0.15, 0.2) is 0 Å². The Labute approximate surface area is 166 Å². The molecule has 25 heavy (non-hydrogen) atoms. The molecule has 0 amide bonds. The van der Waals surface area contributed by atoms with Gasteiger partial charge in [0.1, 0.15) is 5.75 Å². The third-order valence-corrected chi connectivity index (χ3v) is 4.46. The molecule has 1 unspecified atom stereocenters. The van der Waals surface area contributed by atoms with Gasteiger partial charge in [-0.1, -0.05) is 41.9 Å². The van der Waals surface area contributed by atoms with Crippen LogP contribution in [0.5, 0.6) is 5.75 Å². The lowest BCUT2D eigenvalue weighted by molar-refractivity contribution is 0.414. The molecule has 136 valence electrons. The van der Waals surface area contributed by atoms with E-state index >= 15 is 0 Å². The first-order chi connectivity index (χ1) is 11.7. The summed E-state index contributed by atoms with van der Waals surface area (Å²) >= 11 is 10.9. The average Bonchev–Trinajstić information content (AvgIpc) is 2.63. The highest BCUT2D eigenvalue weighted by atomic mass is 35.5. The Morgan fingerprint density at radius 2 is 1.80 bits per heavy atom. The predicted molar refractivity (Wildman–Crippen MR) is 109 cm³/mol. The lowest BCUT2D eigenvalue weighted by Crippen LogP contribution is -2.31. The summed E-state index contributed by atoms with van der Waals surface area (Å²) in [5.41, 5.74) is 2.32. The summed E-state index contributed by atoms with van der Waals surface area (Å²) in [5, 5.41) is 12.8. The third-order valence-electron chi connectivity index (χ3n) is 3.68. The maximum Gasteiger partial charge on any atom is 0.142 e. The van der Waals surface area contributed by atoms with Gasteiger partial charge >= 0.3 is 0 Å². The Balaban J connectivity index is 0.00000185. The van der Waals surface area contributed by atoms with E-state index in [0.717, 1.165) is 30.8 Å². The van der Waals surface area contributed by atoms with E-state index in [0.29, 0.717) is 5.02 Å². The molecule has 0 spiro atoms. The summed E-state index contributed by atoms with van der Waals surface area (Å²) < 4.78 is 5.46. The number of halogens is 2. The molecule has 0 aromatic heterocycles. The number of hydrogen-bond donors (Lipinski definition) is 1. The maximum atomic E-state index is 6.15. The summed E-state index contributed by atoms with van der Waals surface area (Å²) in [7, 11) is 1.68. The number of aryl methyl sites for hydroxylation is 1. The minimum Gasteiger partial charge on any atom is -0.495 e. The van der Waals surface area contributed by atoms with Gasteiger partial charge in [-0.05, 0) is 43.5 Å². The van der Waals surface area contributed by atoms with E-state index < -0.39 is 0 Å². The van der Waals surface area contributed by atoms with Crippen LogP contribution in [0.4, 0.5) is 5.69 Å². The van der Waals surface area contributed by atoms with Crippen LogP contribution in [0, 0.1) is 10.8 Å². The smallest absolute Gasteiger partial charge is 0.142 e. The fourth-order valence-corrected chi connectivity index (χ4v) is 3.11. The van der Waals surface area contributed by atoms with Crippen LogP contribution in [0.15, 0.2) is 48.5 Å². The molecule has 0 fully saturated rings. The van der Waals surface area contributed by atoms with Gasteiger partial charge in [0.2, 0.25) is 0 Å². The first-order valence-corrected chi connectivity index (χ1v) is 8.57. The van der Waals surface area contributed by atoms with Crippen LogP contribution in [-0.2, 0) is 6.42 Å². The molecular weight excluding hydrogens is 377 g/mol. The normalized spacial score (nSPS) is 10.6. The van der Waals surface area contributed by atoms with Gasteiger partial charge in [0, 0.05) is 22.4 Å². The van der Waals surface area contributed by atoms with Crippen molar-refractivity contribution in [3.63, 3.8) is 0 Å². The number of hydrogen-bond acceptors (Lipinski definition) is 5.